The zero-order valence-electron chi connectivity index (χ0n) is 13.1. The van der Waals surface area contributed by atoms with Crippen molar-refractivity contribution in [3.05, 3.63) is 28.8 Å². The average Bonchev–Trinajstić information content (AvgIpc) is 2.53. The minimum absolute atomic E-state index is 0.435. The van der Waals surface area contributed by atoms with Crippen molar-refractivity contribution in [1.82, 2.24) is 0 Å². The second kappa shape index (κ2) is 9.10. The van der Waals surface area contributed by atoms with Gasteiger partial charge in [-0.25, -0.2) is 0 Å². The molecular formula is C16H25ClN2O3+2. The fourth-order valence-electron chi connectivity index (χ4n) is 2.55. The van der Waals surface area contributed by atoms with Crippen LogP contribution in [0.2, 0.25) is 5.02 Å². The lowest BCUT2D eigenvalue weighted by Gasteiger charge is -2.27. The van der Waals surface area contributed by atoms with Crippen LogP contribution in [0.4, 0.5) is 0 Å². The number of benzene rings is 1. The number of piperazine rings is 1. The molecule has 1 saturated heterocycles. The number of likely N-dealkylation sites (N-methyl/N-ethyl adjacent to an activating group) is 1. The van der Waals surface area contributed by atoms with Crippen LogP contribution < -0.4 is 14.5 Å². The van der Waals surface area contributed by atoms with Crippen LogP contribution >= 0.6 is 11.6 Å². The molecule has 122 valence electrons. The number of aldehydes is 1. The van der Waals surface area contributed by atoms with Gasteiger partial charge < -0.3 is 19.3 Å². The first-order valence-corrected chi connectivity index (χ1v) is 8.17. The number of carbonyl (C=O) groups is 1. The first kappa shape index (κ1) is 17.2. The molecule has 0 amide bonds. The van der Waals surface area contributed by atoms with E-state index in [1.165, 1.54) is 26.2 Å². The highest BCUT2D eigenvalue weighted by atomic mass is 35.5. The van der Waals surface area contributed by atoms with Gasteiger partial charge in [-0.15, -0.1) is 0 Å². The number of hydrogen-bond donors (Lipinski definition) is 2. The molecule has 0 unspecified atom stereocenters. The van der Waals surface area contributed by atoms with Gasteiger partial charge in [0.15, 0.2) is 6.29 Å². The van der Waals surface area contributed by atoms with E-state index >= 15 is 0 Å². The Morgan fingerprint density at radius 2 is 1.95 bits per heavy atom. The molecule has 0 radical (unpaired) electrons. The molecule has 1 aliphatic heterocycles. The van der Waals surface area contributed by atoms with Crippen molar-refractivity contribution in [1.29, 1.82) is 0 Å². The molecule has 1 heterocycles. The zero-order chi connectivity index (χ0) is 15.8. The summed E-state index contributed by atoms with van der Waals surface area (Å²) in [6.45, 7) is 7.68. The average molecular weight is 329 g/mol. The monoisotopic (exact) mass is 328 g/mol. The lowest BCUT2D eigenvalue weighted by molar-refractivity contribution is -1.00. The minimum Gasteiger partial charge on any atom is -0.490 e. The lowest BCUT2D eigenvalue weighted by Crippen LogP contribution is -3.27. The Hall–Kier alpha value is -1.14. The normalized spacial score (nSPS) is 21.5. The number of carbonyl (C=O) groups excluding carboxylic acids is 1. The summed E-state index contributed by atoms with van der Waals surface area (Å²) in [7, 11) is 2.25. The summed E-state index contributed by atoms with van der Waals surface area (Å²) in [5, 5.41) is 0.530. The standard InChI is InChI=1S/C16H23ClN2O3/c1-18-4-6-19(7-5-18)8-9-21-10-11-22-16-3-2-15(17)12-14(16)13-20/h2-3,12-13H,4-11H2,1H3/p+2. The molecule has 5 nitrogen and oxygen atoms in total. The zero-order valence-corrected chi connectivity index (χ0v) is 13.8. The molecular weight excluding hydrogens is 304 g/mol. The van der Waals surface area contributed by atoms with E-state index in [1.54, 1.807) is 28.0 Å². The number of quaternary nitrogens is 2. The van der Waals surface area contributed by atoms with Gasteiger partial charge in [0.1, 0.15) is 45.1 Å². The predicted octanol–water partition coefficient (Wildman–Crippen LogP) is -1.04. The van der Waals surface area contributed by atoms with Crippen molar-refractivity contribution in [2.24, 2.45) is 0 Å². The van der Waals surface area contributed by atoms with Gasteiger partial charge in [-0.3, -0.25) is 4.79 Å². The van der Waals surface area contributed by atoms with Crippen LogP contribution in [0, 0.1) is 0 Å². The number of rotatable bonds is 8. The van der Waals surface area contributed by atoms with Crippen LogP contribution in [-0.2, 0) is 4.74 Å². The first-order valence-electron chi connectivity index (χ1n) is 7.79. The van der Waals surface area contributed by atoms with E-state index in [-0.39, 0.29) is 0 Å². The van der Waals surface area contributed by atoms with Gasteiger partial charge in [0, 0.05) is 5.02 Å². The number of ether oxygens (including phenoxy) is 2. The third-order valence-electron chi connectivity index (χ3n) is 3.99. The van der Waals surface area contributed by atoms with Crippen molar-refractivity contribution >= 4 is 17.9 Å². The number of nitrogens with one attached hydrogen (secondary N) is 2. The van der Waals surface area contributed by atoms with Gasteiger partial charge in [0.25, 0.3) is 0 Å². The van der Waals surface area contributed by atoms with E-state index in [0.717, 1.165) is 19.4 Å². The molecule has 0 aromatic heterocycles. The molecule has 0 saturated carbocycles. The molecule has 0 atom stereocenters. The van der Waals surface area contributed by atoms with Crippen LogP contribution in [0.3, 0.4) is 0 Å². The van der Waals surface area contributed by atoms with Gasteiger partial charge in [0.2, 0.25) is 0 Å². The van der Waals surface area contributed by atoms with E-state index in [0.29, 0.717) is 29.5 Å². The van der Waals surface area contributed by atoms with E-state index in [1.807, 2.05) is 0 Å². The summed E-state index contributed by atoms with van der Waals surface area (Å²) in [6, 6.07) is 5.02. The quantitative estimate of drug-likeness (QED) is 0.473. The van der Waals surface area contributed by atoms with Gasteiger partial charge >= 0.3 is 0 Å². The molecule has 0 bridgehead atoms. The molecule has 1 aromatic carbocycles. The maximum absolute atomic E-state index is 10.9. The topological polar surface area (TPSA) is 44.4 Å². The smallest absolute Gasteiger partial charge is 0.153 e. The third-order valence-corrected chi connectivity index (χ3v) is 4.23. The first-order chi connectivity index (χ1) is 10.7. The van der Waals surface area contributed by atoms with Crippen LogP contribution in [-0.4, -0.2) is 65.9 Å². The molecule has 2 N–H and O–H groups in total. The molecule has 22 heavy (non-hydrogen) atoms. The SMILES string of the molecule is C[NH+]1CC[NH+](CCOCCOc2ccc(Cl)cc2C=O)CC1. The molecule has 6 heteroatoms. The van der Waals surface area contributed by atoms with Gasteiger partial charge in [-0.1, -0.05) is 11.6 Å². The van der Waals surface area contributed by atoms with Crippen LogP contribution in [0.15, 0.2) is 18.2 Å². The molecule has 0 aliphatic carbocycles. The Kier molecular flexibility index (Phi) is 7.12. The Morgan fingerprint density at radius 1 is 1.18 bits per heavy atom. The van der Waals surface area contributed by atoms with E-state index in [2.05, 4.69) is 7.05 Å². The fourth-order valence-corrected chi connectivity index (χ4v) is 2.73. The van der Waals surface area contributed by atoms with Gasteiger partial charge in [0.05, 0.1) is 25.8 Å². The lowest BCUT2D eigenvalue weighted by atomic mass is 10.2. The molecule has 1 aliphatic rings. The second-order valence-corrected chi connectivity index (χ2v) is 6.15. The second-order valence-electron chi connectivity index (χ2n) is 5.72. The highest BCUT2D eigenvalue weighted by molar-refractivity contribution is 6.30. The molecule has 0 spiro atoms. The Labute approximate surface area is 136 Å². The third kappa shape index (κ3) is 5.57. The van der Waals surface area contributed by atoms with Crippen LogP contribution in [0.1, 0.15) is 10.4 Å². The Bertz CT molecular complexity index is 476. The van der Waals surface area contributed by atoms with Crippen LogP contribution in [0.5, 0.6) is 5.75 Å². The summed E-state index contributed by atoms with van der Waals surface area (Å²) in [4.78, 5) is 14.2. The van der Waals surface area contributed by atoms with Crippen molar-refractivity contribution in [3.63, 3.8) is 0 Å². The predicted molar refractivity (Wildman–Crippen MR) is 85.3 cm³/mol. The van der Waals surface area contributed by atoms with E-state index in [9.17, 15) is 4.79 Å². The van der Waals surface area contributed by atoms with Gasteiger partial charge in [-0.05, 0) is 18.2 Å². The molecule has 2 rings (SSSR count). The summed E-state index contributed by atoms with van der Waals surface area (Å²) in [5.41, 5.74) is 0.469. The van der Waals surface area contributed by atoms with Crippen molar-refractivity contribution in [2.45, 2.75) is 0 Å². The fraction of sp³-hybridized carbons (Fsp3) is 0.562. The maximum atomic E-state index is 10.9. The minimum atomic E-state index is 0.435. The van der Waals surface area contributed by atoms with Gasteiger partial charge in [-0.2, -0.15) is 0 Å². The van der Waals surface area contributed by atoms with E-state index < -0.39 is 0 Å². The highest BCUT2D eigenvalue weighted by Crippen LogP contribution is 2.21. The molecule has 1 fully saturated rings. The van der Waals surface area contributed by atoms with Crippen molar-refractivity contribution < 1.29 is 24.1 Å². The summed E-state index contributed by atoms with van der Waals surface area (Å²) >= 11 is 5.84. The highest BCUT2D eigenvalue weighted by Gasteiger charge is 2.18. The largest absolute Gasteiger partial charge is 0.490 e. The van der Waals surface area contributed by atoms with Crippen LogP contribution in [0.25, 0.3) is 0 Å². The molecule has 1 aromatic rings. The van der Waals surface area contributed by atoms with Crippen molar-refractivity contribution in [2.75, 3.05) is 59.6 Å². The Balaban J connectivity index is 1.58. The van der Waals surface area contributed by atoms with Crippen molar-refractivity contribution in [3.8, 4) is 5.75 Å². The summed E-state index contributed by atoms with van der Waals surface area (Å²) in [6.07, 6.45) is 0.751. The van der Waals surface area contributed by atoms with E-state index in [4.69, 9.17) is 21.1 Å². The summed E-state index contributed by atoms with van der Waals surface area (Å²) in [5.74, 6) is 0.552. The number of halogens is 1. The Morgan fingerprint density at radius 3 is 2.68 bits per heavy atom. The number of hydrogen-bond acceptors (Lipinski definition) is 3. The maximum Gasteiger partial charge on any atom is 0.153 e. The summed E-state index contributed by atoms with van der Waals surface area (Å²) < 4.78 is 11.2.